The molecule has 0 aliphatic heterocycles. The molecule has 5 heteroatoms. The Morgan fingerprint density at radius 3 is 2.48 bits per heavy atom. The molecule has 2 rings (SSSR count). The van der Waals surface area contributed by atoms with Crippen LogP contribution in [0, 0.1) is 10.5 Å². The highest BCUT2D eigenvalue weighted by Crippen LogP contribution is 2.14. The zero-order chi connectivity index (χ0) is 16.8. The van der Waals surface area contributed by atoms with Crippen LogP contribution in [-0.2, 0) is 16.0 Å². The van der Waals surface area contributed by atoms with Gasteiger partial charge in [-0.2, -0.15) is 0 Å². The van der Waals surface area contributed by atoms with Crippen molar-refractivity contribution in [2.45, 2.75) is 19.4 Å². The van der Waals surface area contributed by atoms with Crippen LogP contribution in [0.4, 0.5) is 0 Å². The molecule has 1 amide bonds. The third-order valence-electron chi connectivity index (χ3n) is 3.51. The van der Waals surface area contributed by atoms with Gasteiger partial charge in [0.25, 0.3) is 5.91 Å². The Morgan fingerprint density at radius 2 is 1.87 bits per heavy atom. The molecule has 0 saturated heterocycles. The molecule has 0 aliphatic rings. The van der Waals surface area contributed by atoms with E-state index in [2.05, 4.69) is 27.9 Å². The van der Waals surface area contributed by atoms with E-state index in [1.807, 2.05) is 49.4 Å². The first-order valence-electron chi connectivity index (χ1n) is 7.20. The summed E-state index contributed by atoms with van der Waals surface area (Å²) in [7, 11) is 1.32. The second-order valence-electron chi connectivity index (χ2n) is 5.20. The van der Waals surface area contributed by atoms with Crippen molar-refractivity contribution in [3.63, 3.8) is 0 Å². The molecule has 23 heavy (non-hydrogen) atoms. The average Bonchev–Trinajstić information content (AvgIpc) is 2.56. The monoisotopic (exact) mass is 423 g/mol. The Bertz CT molecular complexity index is 701. The van der Waals surface area contributed by atoms with Gasteiger partial charge in [-0.05, 0) is 52.8 Å². The van der Waals surface area contributed by atoms with Crippen molar-refractivity contribution in [1.82, 2.24) is 5.32 Å². The Morgan fingerprint density at radius 1 is 1.17 bits per heavy atom. The second kappa shape index (κ2) is 8.10. The van der Waals surface area contributed by atoms with Gasteiger partial charge < -0.3 is 10.1 Å². The van der Waals surface area contributed by atoms with Gasteiger partial charge in [0.1, 0.15) is 6.04 Å². The van der Waals surface area contributed by atoms with E-state index in [4.69, 9.17) is 4.74 Å². The SMILES string of the molecule is COC(=O)C(Cc1ccccc1)NC(=O)c1ccc(C)c(I)c1. The zero-order valence-electron chi connectivity index (χ0n) is 13.0. The Balaban J connectivity index is 2.15. The van der Waals surface area contributed by atoms with Crippen molar-refractivity contribution in [2.24, 2.45) is 0 Å². The number of benzene rings is 2. The summed E-state index contributed by atoms with van der Waals surface area (Å²) in [4.78, 5) is 24.4. The molecule has 120 valence electrons. The number of rotatable bonds is 5. The van der Waals surface area contributed by atoms with E-state index in [9.17, 15) is 9.59 Å². The molecule has 1 N–H and O–H groups in total. The normalized spacial score (nSPS) is 11.6. The van der Waals surface area contributed by atoms with Gasteiger partial charge in [-0.1, -0.05) is 36.4 Å². The highest BCUT2D eigenvalue weighted by Gasteiger charge is 2.22. The number of amides is 1. The maximum Gasteiger partial charge on any atom is 0.328 e. The van der Waals surface area contributed by atoms with E-state index in [0.717, 1.165) is 14.7 Å². The van der Waals surface area contributed by atoms with Crippen LogP contribution in [0.1, 0.15) is 21.5 Å². The van der Waals surface area contributed by atoms with Crippen LogP contribution in [0.25, 0.3) is 0 Å². The number of carbonyl (C=O) groups excluding carboxylic acids is 2. The van der Waals surface area contributed by atoms with Crippen LogP contribution in [0.2, 0.25) is 0 Å². The Kier molecular flexibility index (Phi) is 6.15. The molecule has 0 spiro atoms. The maximum atomic E-state index is 12.4. The minimum absolute atomic E-state index is 0.283. The predicted molar refractivity (Wildman–Crippen MR) is 97.3 cm³/mol. The first kappa shape index (κ1) is 17.5. The van der Waals surface area contributed by atoms with E-state index in [1.54, 1.807) is 6.07 Å². The van der Waals surface area contributed by atoms with Crippen LogP contribution >= 0.6 is 22.6 Å². The molecule has 2 aromatic rings. The largest absolute Gasteiger partial charge is 0.467 e. The minimum atomic E-state index is -0.714. The zero-order valence-corrected chi connectivity index (χ0v) is 15.2. The van der Waals surface area contributed by atoms with Gasteiger partial charge in [-0.3, -0.25) is 4.79 Å². The lowest BCUT2D eigenvalue weighted by molar-refractivity contribution is -0.142. The number of nitrogens with one attached hydrogen (secondary N) is 1. The van der Waals surface area contributed by atoms with E-state index < -0.39 is 12.0 Å². The van der Waals surface area contributed by atoms with Crippen LogP contribution < -0.4 is 5.32 Å². The molecule has 0 fully saturated rings. The minimum Gasteiger partial charge on any atom is -0.467 e. The summed E-state index contributed by atoms with van der Waals surface area (Å²) in [6, 6.07) is 14.3. The van der Waals surface area contributed by atoms with Crippen molar-refractivity contribution in [2.75, 3.05) is 7.11 Å². The van der Waals surface area contributed by atoms with Crippen molar-refractivity contribution < 1.29 is 14.3 Å². The molecule has 0 aromatic heterocycles. The van der Waals surface area contributed by atoms with Crippen molar-refractivity contribution in [1.29, 1.82) is 0 Å². The van der Waals surface area contributed by atoms with Crippen LogP contribution in [0.5, 0.6) is 0 Å². The standard InChI is InChI=1S/C18H18INO3/c1-12-8-9-14(11-15(12)19)17(21)20-16(18(22)23-2)10-13-6-4-3-5-7-13/h3-9,11,16H,10H2,1-2H3,(H,20,21). The maximum absolute atomic E-state index is 12.4. The molecule has 4 nitrogen and oxygen atoms in total. The van der Waals surface area contributed by atoms with E-state index in [-0.39, 0.29) is 5.91 Å². The van der Waals surface area contributed by atoms with Gasteiger partial charge in [0.2, 0.25) is 0 Å². The first-order chi connectivity index (χ1) is 11.0. The second-order valence-corrected chi connectivity index (χ2v) is 6.37. The summed E-state index contributed by atoms with van der Waals surface area (Å²) in [6.07, 6.45) is 0.391. The Labute approximate surface area is 149 Å². The van der Waals surface area contributed by atoms with Gasteiger partial charge in [0, 0.05) is 15.6 Å². The van der Waals surface area contributed by atoms with Gasteiger partial charge >= 0.3 is 5.97 Å². The molecule has 0 bridgehead atoms. The Hall–Kier alpha value is -1.89. The lowest BCUT2D eigenvalue weighted by Gasteiger charge is -2.17. The van der Waals surface area contributed by atoms with Crippen molar-refractivity contribution >= 4 is 34.5 Å². The summed E-state index contributed by atoms with van der Waals surface area (Å²) in [6.45, 7) is 1.98. The first-order valence-corrected chi connectivity index (χ1v) is 8.28. The van der Waals surface area contributed by atoms with Crippen LogP contribution in [0.15, 0.2) is 48.5 Å². The summed E-state index contributed by atoms with van der Waals surface area (Å²) < 4.78 is 5.82. The van der Waals surface area contributed by atoms with Gasteiger partial charge in [-0.15, -0.1) is 0 Å². The molecule has 0 radical (unpaired) electrons. The number of hydrogen-bond acceptors (Lipinski definition) is 3. The quantitative estimate of drug-likeness (QED) is 0.594. The highest BCUT2D eigenvalue weighted by molar-refractivity contribution is 14.1. The molecule has 0 aliphatic carbocycles. The number of hydrogen-bond donors (Lipinski definition) is 1. The fourth-order valence-corrected chi connectivity index (χ4v) is 2.68. The fourth-order valence-electron chi connectivity index (χ4n) is 2.16. The van der Waals surface area contributed by atoms with E-state index >= 15 is 0 Å². The number of methoxy groups -OCH3 is 1. The lowest BCUT2D eigenvalue weighted by atomic mass is 10.1. The molecular formula is C18H18INO3. The van der Waals surface area contributed by atoms with Crippen molar-refractivity contribution in [3.05, 3.63) is 68.8 Å². The van der Waals surface area contributed by atoms with Gasteiger partial charge in [0.05, 0.1) is 7.11 Å². The van der Waals surface area contributed by atoms with E-state index in [1.165, 1.54) is 7.11 Å². The summed E-state index contributed by atoms with van der Waals surface area (Å²) in [5, 5.41) is 2.76. The average molecular weight is 423 g/mol. The third-order valence-corrected chi connectivity index (χ3v) is 4.67. The molecular weight excluding hydrogens is 405 g/mol. The predicted octanol–water partition coefficient (Wildman–Crippen LogP) is 3.11. The number of halogens is 1. The topological polar surface area (TPSA) is 55.4 Å². The number of aryl methyl sites for hydroxylation is 1. The van der Waals surface area contributed by atoms with Crippen LogP contribution in [-0.4, -0.2) is 25.0 Å². The summed E-state index contributed by atoms with van der Waals surface area (Å²) in [5.74, 6) is -0.738. The smallest absolute Gasteiger partial charge is 0.328 e. The van der Waals surface area contributed by atoms with Gasteiger partial charge in [0.15, 0.2) is 0 Å². The molecule has 1 atom stereocenters. The number of ether oxygens (including phenoxy) is 1. The highest BCUT2D eigenvalue weighted by atomic mass is 127. The molecule has 0 saturated carbocycles. The van der Waals surface area contributed by atoms with Gasteiger partial charge in [-0.25, -0.2) is 4.79 Å². The fraction of sp³-hybridized carbons (Fsp3) is 0.222. The summed E-state index contributed by atoms with van der Waals surface area (Å²) >= 11 is 2.18. The lowest BCUT2D eigenvalue weighted by Crippen LogP contribution is -2.43. The van der Waals surface area contributed by atoms with E-state index in [0.29, 0.717) is 12.0 Å². The molecule has 1 unspecified atom stereocenters. The third kappa shape index (κ3) is 4.79. The number of carbonyl (C=O) groups is 2. The van der Waals surface area contributed by atoms with Crippen molar-refractivity contribution in [3.8, 4) is 0 Å². The molecule has 2 aromatic carbocycles. The summed E-state index contributed by atoms with van der Waals surface area (Å²) in [5.41, 5.74) is 2.60. The van der Waals surface area contributed by atoms with Crippen LogP contribution in [0.3, 0.4) is 0 Å². The number of esters is 1. The molecule has 0 heterocycles.